The Balaban J connectivity index is 1.22. The van der Waals surface area contributed by atoms with Crippen LogP contribution >= 0.6 is 11.6 Å². The Kier molecular flexibility index (Phi) is 4.34. The van der Waals surface area contributed by atoms with E-state index in [0.29, 0.717) is 11.4 Å². The Morgan fingerprint density at radius 3 is 2.54 bits per heavy atom. The number of carbonyl (C=O) groups excluding carboxylic acids is 1. The van der Waals surface area contributed by atoms with Crippen molar-refractivity contribution in [2.24, 2.45) is 17.8 Å². The van der Waals surface area contributed by atoms with Crippen molar-refractivity contribution < 1.29 is 13.9 Å². The van der Waals surface area contributed by atoms with Gasteiger partial charge in [0.05, 0.1) is 5.02 Å². The van der Waals surface area contributed by atoms with Crippen LogP contribution in [0.4, 0.5) is 4.39 Å². The van der Waals surface area contributed by atoms with E-state index >= 15 is 0 Å². The van der Waals surface area contributed by atoms with Gasteiger partial charge in [-0.3, -0.25) is 4.79 Å². The largest absolute Gasteiger partial charge is 0.471 e. The maximum Gasteiger partial charge on any atom is 0.272 e. The summed E-state index contributed by atoms with van der Waals surface area (Å²) in [6, 6.07) is 5.88. The zero-order valence-corrected chi connectivity index (χ0v) is 16.3. The van der Waals surface area contributed by atoms with Crippen LogP contribution in [0.5, 0.6) is 5.75 Å². The van der Waals surface area contributed by atoms with Crippen molar-refractivity contribution in [2.45, 2.75) is 50.8 Å². The van der Waals surface area contributed by atoms with Gasteiger partial charge in [0.1, 0.15) is 17.3 Å². The minimum Gasteiger partial charge on any atom is -0.471 e. The van der Waals surface area contributed by atoms with E-state index in [1.54, 1.807) is 16.9 Å². The van der Waals surface area contributed by atoms with E-state index in [1.807, 2.05) is 0 Å². The average molecular weight is 404 g/mol. The van der Waals surface area contributed by atoms with Gasteiger partial charge in [-0.25, -0.2) is 9.07 Å². The molecule has 0 spiro atoms. The van der Waals surface area contributed by atoms with Gasteiger partial charge in [-0.05, 0) is 74.5 Å². The van der Waals surface area contributed by atoms with Crippen LogP contribution in [0.2, 0.25) is 5.02 Å². The number of rotatable bonds is 5. The summed E-state index contributed by atoms with van der Waals surface area (Å²) in [7, 11) is 0. The number of halogens is 2. The van der Waals surface area contributed by atoms with Gasteiger partial charge >= 0.3 is 0 Å². The van der Waals surface area contributed by atoms with Crippen molar-refractivity contribution in [3.05, 3.63) is 47.0 Å². The van der Waals surface area contributed by atoms with E-state index in [0.717, 1.165) is 37.0 Å². The Morgan fingerprint density at radius 1 is 1.21 bits per heavy atom. The van der Waals surface area contributed by atoms with Crippen LogP contribution in [-0.2, 0) is 6.73 Å². The number of carbonyl (C=O) groups is 1. The lowest BCUT2D eigenvalue weighted by atomic mass is 9.53. The highest BCUT2D eigenvalue weighted by Gasteiger charge is 2.51. The lowest BCUT2D eigenvalue weighted by Crippen LogP contribution is -2.59. The lowest BCUT2D eigenvalue weighted by molar-refractivity contribution is -0.0168. The van der Waals surface area contributed by atoms with Crippen LogP contribution in [0.3, 0.4) is 0 Å². The number of amides is 1. The summed E-state index contributed by atoms with van der Waals surface area (Å²) in [5.41, 5.74) is 0.369. The molecule has 6 rings (SSSR count). The van der Waals surface area contributed by atoms with Crippen LogP contribution in [0.25, 0.3) is 0 Å². The standard InChI is InChI=1S/C21H23ClFN3O2/c22-17-8-16(1-2-18(17)23)28-12-26-4-3-19(25-26)20(27)24-21-9-13-5-14(10-21)7-15(6-13)11-21/h1-4,8,13-15H,5-7,9-12H2,(H,24,27). The van der Waals surface area contributed by atoms with Crippen molar-refractivity contribution in [1.82, 2.24) is 15.1 Å². The summed E-state index contributed by atoms with van der Waals surface area (Å²) >= 11 is 5.76. The first-order chi connectivity index (χ1) is 13.5. The number of aromatic nitrogens is 2. The van der Waals surface area contributed by atoms with E-state index < -0.39 is 5.82 Å². The molecule has 0 radical (unpaired) electrons. The highest BCUT2D eigenvalue weighted by molar-refractivity contribution is 6.30. The third-order valence-electron chi connectivity index (χ3n) is 6.54. The number of hydrogen-bond donors (Lipinski definition) is 1. The predicted molar refractivity (Wildman–Crippen MR) is 103 cm³/mol. The maximum absolute atomic E-state index is 13.2. The number of benzene rings is 1. The fourth-order valence-corrected chi connectivity index (χ4v) is 6.00. The molecule has 1 heterocycles. The van der Waals surface area contributed by atoms with Crippen LogP contribution in [0.1, 0.15) is 49.0 Å². The average Bonchev–Trinajstić information content (AvgIpc) is 3.10. The molecule has 5 nitrogen and oxygen atoms in total. The molecule has 148 valence electrons. The summed E-state index contributed by atoms with van der Waals surface area (Å²) in [6.45, 7) is 0.118. The normalized spacial score (nSPS) is 30.4. The predicted octanol–water partition coefficient (Wildman–Crippen LogP) is 4.41. The summed E-state index contributed by atoms with van der Waals surface area (Å²) < 4.78 is 20.3. The van der Waals surface area contributed by atoms with Crippen molar-refractivity contribution in [3.63, 3.8) is 0 Å². The second-order valence-electron chi connectivity index (χ2n) is 8.74. The van der Waals surface area contributed by atoms with Crippen LogP contribution in [0, 0.1) is 23.6 Å². The van der Waals surface area contributed by atoms with Gasteiger partial charge in [-0.2, -0.15) is 5.10 Å². The van der Waals surface area contributed by atoms with Gasteiger partial charge in [-0.15, -0.1) is 0 Å². The molecule has 28 heavy (non-hydrogen) atoms. The number of nitrogens with one attached hydrogen (secondary N) is 1. The molecular formula is C21H23ClFN3O2. The fourth-order valence-electron chi connectivity index (χ4n) is 5.83. The SMILES string of the molecule is O=C(NC12CC3CC(CC(C3)C1)C2)c1ccn(COc2ccc(F)c(Cl)c2)n1. The van der Waals surface area contributed by atoms with E-state index in [-0.39, 0.29) is 23.2 Å². The van der Waals surface area contributed by atoms with E-state index in [1.165, 1.54) is 37.5 Å². The Hall–Kier alpha value is -2.08. The Morgan fingerprint density at radius 2 is 1.89 bits per heavy atom. The lowest BCUT2D eigenvalue weighted by Gasteiger charge is -2.56. The molecule has 7 heteroatoms. The van der Waals surface area contributed by atoms with E-state index in [9.17, 15) is 9.18 Å². The minimum absolute atomic E-state index is 0.00797. The third-order valence-corrected chi connectivity index (χ3v) is 6.83. The van der Waals surface area contributed by atoms with Crippen LogP contribution in [0.15, 0.2) is 30.5 Å². The Labute approximate surface area is 168 Å². The zero-order valence-electron chi connectivity index (χ0n) is 15.5. The Bertz CT molecular complexity index is 878. The highest BCUT2D eigenvalue weighted by Crippen LogP contribution is 2.55. The maximum atomic E-state index is 13.2. The van der Waals surface area contributed by atoms with Crippen molar-refractivity contribution in [2.75, 3.05) is 0 Å². The molecular weight excluding hydrogens is 381 g/mol. The number of nitrogens with zero attached hydrogens (tertiary/aromatic N) is 2. The van der Waals surface area contributed by atoms with Gasteiger partial charge in [0.15, 0.2) is 6.73 Å². The molecule has 0 unspecified atom stereocenters. The highest BCUT2D eigenvalue weighted by atomic mass is 35.5. The molecule has 2 aromatic rings. The fraction of sp³-hybridized carbons (Fsp3) is 0.524. The van der Waals surface area contributed by atoms with E-state index in [2.05, 4.69) is 10.4 Å². The monoisotopic (exact) mass is 403 g/mol. The minimum atomic E-state index is -0.489. The number of hydrogen-bond acceptors (Lipinski definition) is 3. The smallest absolute Gasteiger partial charge is 0.272 e. The van der Waals surface area contributed by atoms with Crippen LogP contribution in [-0.4, -0.2) is 21.2 Å². The molecule has 1 amide bonds. The summed E-state index contributed by atoms with van der Waals surface area (Å²) in [5, 5.41) is 7.67. The molecule has 1 aromatic heterocycles. The molecule has 1 aromatic carbocycles. The second kappa shape index (κ2) is 6.76. The molecule has 0 saturated heterocycles. The molecule has 0 aliphatic heterocycles. The van der Waals surface area contributed by atoms with Gasteiger partial charge in [0.2, 0.25) is 0 Å². The van der Waals surface area contributed by atoms with Crippen LogP contribution < -0.4 is 10.1 Å². The molecule has 4 fully saturated rings. The molecule has 1 N–H and O–H groups in total. The van der Waals surface area contributed by atoms with E-state index in [4.69, 9.17) is 16.3 Å². The first-order valence-corrected chi connectivity index (χ1v) is 10.3. The van der Waals surface area contributed by atoms with Gasteiger partial charge < -0.3 is 10.1 Å². The molecule has 4 saturated carbocycles. The summed E-state index contributed by atoms with van der Waals surface area (Å²) in [5.74, 6) is 2.18. The molecule has 0 atom stereocenters. The third kappa shape index (κ3) is 3.39. The molecule has 4 aliphatic rings. The summed E-state index contributed by atoms with van der Waals surface area (Å²) in [4.78, 5) is 12.8. The van der Waals surface area contributed by atoms with Gasteiger partial charge in [-0.1, -0.05) is 11.6 Å². The zero-order chi connectivity index (χ0) is 19.3. The van der Waals surface area contributed by atoms with Crippen molar-refractivity contribution in [3.8, 4) is 5.75 Å². The number of ether oxygens (including phenoxy) is 1. The van der Waals surface area contributed by atoms with Crippen molar-refractivity contribution in [1.29, 1.82) is 0 Å². The first-order valence-electron chi connectivity index (χ1n) is 9.92. The van der Waals surface area contributed by atoms with Gasteiger partial charge in [0.25, 0.3) is 5.91 Å². The topological polar surface area (TPSA) is 56.2 Å². The second-order valence-corrected chi connectivity index (χ2v) is 9.15. The van der Waals surface area contributed by atoms with Gasteiger partial charge in [0, 0.05) is 17.8 Å². The molecule has 4 bridgehead atoms. The molecule has 4 aliphatic carbocycles. The van der Waals surface area contributed by atoms with Crippen molar-refractivity contribution >= 4 is 17.5 Å². The summed E-state index contributed by atoms with van der Waals surface area (Å²) in [6.07, 6.45) is 9.07. The quantitative estimate of drug-likeness (QED) is 0.804. The first kappa shape index (κ1) is 18.0.